The Morgan fingerprint density at radius 1 is 1.03 bits per heavy atom. The van der Waals surface area contributed by atoms with Crippen LogP contribution in [0.5, 0.6) is 11.5 Å². The molecule has 0 saturated carbocycles. The Bertz CT molecular complexity index is 1210. The van der Waals surface area contributed by atoms with Crippen LogP contribution in [-0.2, 0) is 16.0 Å². The van der Waals surface area contributed by atoms with Gasteiger partial charge in [0.25, 0.3) is 0 Å². The van der Waals surface area contributed by atoms with Crippen LogP contribution in [0.15, 0.2) is 48.5 Å². The number of piperidine rings is 1. The summed E-state index contributed by atoms with van der Waals surface area (Å²) in [6, 6.07) is 15.3. The monoisotopic (exact) mass is 460 g/mol. The molecule has 176 valence electrons. The van der Waals surface area contributed by atoms with Gasteiger partial charge in [-0.2, -0.15) is 5.10 Å². The van der Waals surface area contributed by atoms with Crippen LogP contribution in [0, 0.1) is 19.8 Å². The van der Waals surface area contributed by atoms with E-state index in [1.807, 2.05) is 59.8 Å². The summed E-state index contributed by atoms with van der Waals surface area (Å²) in [5.41, 5.74) is 4.49. The molecule has 1 N–H and O–H groups in total. The number of rotatable bonds is 5. The van der Waals surface area contributed by atoms with E-state index in [1.54, 1.807) is 12.1 Å². The normalized spacial score (nSPS) is 15.4. The molecule has 3 heterocycles. The number of carbonyl (C=O) groups excluding carboxylic acids is 2. The zero-order valence-corrected chi connectivity index (χ0v) is 19.4. The van der Waals surface area contributed by atoms with E-state index in [1.165, 1.54) is 0 Å². The van der Waals surface area contributed by atoms with Crippen molar-refractivity contribution in [2.75, 3.05) is 25.2 Å². The van der Waals surface area contributed by atoms with Crippen molar-refractivity contribution >= 4 is 17.5 Å². The van der Waals surface area contributed by atoms with Crippen molar-refractivity contribution in [2.24, 2.45) is 5.92 Å². The molecule has 5 rings (SSSR count). The van der Waals surface area contributed by atoms with Gasteiger partial charge in [-0.15, -0.1) is 0 Å². The molecule has 8 nitrogen and oxygen atoms in total. The van der Waals surface area contributed by atoms with Crippen molar-refractivity contribution < 1.29 is 19.1 Å². The molecule has 2 aliphatic rings. The molecule has 2 aliphatic heterocycles. The Morgan fingerprint density at radius 2 is 1.76 bits per heavy atom. The SMILES string of the molecule is Cc1nn(-c2ccccc2)c(C)c1CC(=O)N1CCC(C(=O)Nc2ccc3c(c2)OCO3)CC1. The summed E-state index contributed by atoms with van der Waals surface area (Å²) < 4.78 is 12.6. The van der Waals surface area contributed by atoms with Gasteiger partial charge in [-0.3, -0.25) is 9.59 Å². The number of hydrogen-bond acceptors (Lipinski definition) is 5. The first kappa shape index (κ1) is 22.0. The van der Waals surface area contributed by atoms with E-state index in [9.17, 15) is 9.59 Å². The highest BCUT2D eigenvalue weighted by Gasteiger charge is 2.28. The standard InChI is InChI=1S/C26H28N4O4/c1-17-22(18(2)30(28-17)21-6-4-3-5-7-21)15-25(31)29-12-10-19(11-13-29)26(32)27-20-8-9-23-24(14-20)34-16-33-23/h3-9,14,19H,10-13,15-16H2,1-2H3,(H,27,32). The minimum atomic E-state index is -0.126. The van der Waals surface area contributed by atoms with Gasteiger partial charge in [-0.1, -0.05) is 18.2 Å². The highest BCUT2D eigenvalue weighted by molar-refractivity contribution is 5.93. The molecule has 0 bridgehead atoms. The minimum Gasteiger partial charge on any atom is -0.454 e. The molecule has 0 spiro atoms. The van der Waals surface area contributed by atoms with E-state index < -0.39 is 0 Å². The molecule has 0 unspecified atom stereocenters. The highest BCUT2D eigenvalue weighted by atomic mass is 16.7. The molecular formula is C26H28N4O4. The Hall–Kier alpha value is -3.81. The first-order chi connectivity index (χ1) is 16.5. The number of carbonyl (C=O) groups is 2. The van der Waals surface area contributed by atoms with Crippen LogP contribution < -0.4 is 14.8 Å². The number of benzene rings is 2. The fraction of sp³-hybridized carbons (Fsp3) is 0.346. The molecule has 0 atom stereocenters. The summed E-state index contributed by atoms with van der Waals surface area (Å²) in [6.45, 7) is 5.29. The number of anilines is 1. The molecule has 34 heavy (non-hydrogen) atoms. The summed E-state index contributed by atoms with van der Waals surface area (Å²) >= 11 is 0. The number of nitrogens with one attached hydrogen (secondary N) is 1. The summed E-state index contributed by atoms with van der Waals surface area (Å²) in [7, 11) is 0. The van der Waals surface area contributed by atoms with Crippen LogP contribution in [0.3, 0.4) is 0 Å². The smallest absolute Gasteiger partial charge is 0.231 e. The van der Waals surface area contributed by atoms with E-state index in [4.69, 9.17) is 9.47 Å². The van der Waals surface area contributed by atoms with Gasteiger partial charge in [0, 0.05) is 42.0 Å². The average Bonchev–Trinajstić information content (AvgIpc) is 3.44. The maximum Gasteiger partial charge on any atom is 0.231 e. The quantitative estimate of drug-likeness (QED) is 0.628. The van der Waals surface area contributed by atoms with E-state index in [2.05, 4.69) is 10.4 Å². The predicted octanol–water partition coefficient (Wildman–Crippen LogP) is 3.64. The van der Waals surface area contributed by atoms with Crippen molar-refractivity contribution in [3.05, 3.63) is 65.5 Å². The Labute approximate surface area is 198 Å². The number of aryl methyl sites for hydroxylation is 1. The third kappa shape index (κ3) is 4.35. The zero-order chi connectivity index (χ0) is 23.7. The number of aromatic nitrogens is 2. The lowest BCUT2D eigenvalue weighted by molar-refractivity contribution is -0.133. The predicted molar refractivity (Wildman–Crippen MR) is 127 cm³/mol. The lowest BCUT2D eigenvalue weighted by Gasteiger charge is -2.31. The molecule has 0 radical (unpaired) electrons. The summed E-state index contributed by atoms with van der Waals surface area (Å²) in [4.78, 5) is 27.7. The number of para-hydroxylation sites is 1. The van der Waals surface area contributed by atoms with E-state index in [0.29, 0.717) is 49.5 Å². The molecule has 2 aromatic carbocycles. The first-order valence-corrected chi connectivity index (χ1v) is 11.6. The third-order valence-electron chi connectivity index (χ3n) is 6.63. The van der Waals surface area contributed by atoms with Gasteiger partial charge >= 0.3 is 0 Å². The number of nitrogens with zero attached hydrogens (tertiary/aromatic N) is 3. The summed E-state index contributed by atoms with van der Waals surface area (Å²) in [6.07, 6.45) is 1.60. The van der Waals surface area contributed by atoms with Gasteiger partial charge in [0.05, 0.1) is 17.8 Å². The van der Waals surface area contributed by atoms with Crippen LogP contribution in [0.1, 0.15) is 29.8 Å². The highest BCUT2D eigenvalue weighted by Crippen LogP contribution is 2.34. The van der Waals surface area contributed by atoms with Crippen molar-refractivity contribution in [3.8, 4) is 17.2 Å². The van der Waals surface area contributed by atoms with Gasteiger partial charge < -0.3 is 19.7 Å². The zero-order valence-electron chi connectivity index (χ0n) is 19.4. The molecule has 0 aliphatic carbocycles. The summed E-state index contributed by atoms with van der Waals surface area (Å²) in [5.74, 6) is 1.25. The molecule has 8 heteroatoms. The average molecular weight is 461 g/mol. The lowest BCUT2D eigenvalue weighted by atomic mass is 9.95. The second-order valence-corrected chi connectivity index (χ2v) is 8.79. The number of hydrogen-bond donors (Lipinski definition) is 1. The van der Waals surface area contributed by atoms with Gasteiger partial charge in [0.15, 0.2) is 11.5 Å². The number of amides is 2. The van der Waals surface area contributed by atoms with Gasteiger partial charge in [-0.25, -0.2) is 4.68 Å². The van der Waals surface area contributed by atoms with Crippen molar-refractivity contribution in [2.45, 2.75) is 33.1 Å². The largest absolute Gasteiger partial charge is 0.454 e. The fourth-order valence-corrected chi connectivity index (χ4v) is 4.62. The minimum absolute atomic E-state index is 0.0261. The van der Waals surface area contributed by atoms with Crippen LogP contribution in [0.25, 0.3) is 5.69 Å². The first-order valence-electron chi connectivity index (χ1n) is 11.6. The maximum atomic E-state index is 13.1. The molecular weight excluding hydrogens is 432 g/mol. The number of likely N-dealkylation sites (tertiary alicyclic amines) is 1. The van der Waals surface area contributed by atoms with Crippen LogP contribution >= 0.6 is 0 Å². The third-order valence-corrected chi connectivity index (χ3v) is 6.63. The van der Waals surface area contributed by atoms with Crippen LogP contribution in [-0.4, -0.2) is 46.4 Å². The van der Waals surface area contributed by atoms with Gasteiger partial charge in [0.1, 0.15) is 0 Å². The molecule has 1 aromatic heterocycles. The van der Waals surface area contributed by atoms with Crippen LogP contribution in [0.2, 0.25) is 0 Å². The maximum absolute atomic E-state index is 13.1. The summed E-state index contributed by atoms with van der Waals surface area (Å²) in [5, 5.41) is 7.62. The second kappa shape index (κ2) is 9.21. The van der Waals surface area contributed by atoms with Gasteiger partial charge in [-0.05, 0) is 51.0 Å². The number of ether oxygens (including phenoxy) is 2. The number of fused-ring (bicyclic) bond motifs is 1. The molecule has 3 aromatic rings. The Balaban J connectivity index is 1.17. The van der Waals surface area contributed by atoms with Crippen molar-refractivity contribution in [3.63, 3.8) is 0 Å². The van der Waals surface area contributed by atoms with Gasteiger partial charge in [0.2, 0.25) is 18.6 Å². The van der Waals surface area contributed by atoms with Crippen LogP contribution in [0.4, 0.5) is 5.69 Å². The van der Waals surface area contributed by atoms with E-state index in [0.717, 1.165) is 22.6 Å². The topological polar surface area (TPSA) is 85.7 Å². The fourth-order valence-electron chi connectivity index (χ4n) is 4.62. The second-order valence-electron chi connectivity index (χ2n) is 8.79. The molecule has 2 amide bonds. The molecule has 1 saturated heterocycles. The lowest BCUT2D eigenvalue weighted by Crippen LogP contribution is -2.42. The Morgan fingerprint density at radius 3 is 2.53 bits per heavy atom. The van der Waals surface area contributed by atoms with E-state index >= 15 is 0 Å². The van der Waals surface area contributed by atoms with Crippen molar-refractivity contribution in [1.82, 2.24) is 14.7 Å². The van der Waals surface area contributed by atoms with Crippen molar-refractivity contribution in [1.29, 1.82) is 0 Å². The Kier molecular flexibility index (Phi) is 5.96. The van der Waals surface area contributed by atoms with E-state index in [-0.39, 0.29) is 24.5 Å². The molecule has 1 fully saturated rings.